The fourth-order valence-electron chi connectivity index (χ4n) is 10.5. The van der Waals surface area contributed by atoms with Gasteiger partial charge >= 0.3 is 0 Å². The van der Waals surface area contributed by atoms with E-state index in [1.54, 1.807) is 12.4 Å². The van der Waals surface area contributed by atoms with Gasteiger partial charge in [-0.3, -0.25) is 14.5 Å². The minimum absolute atomic E-state index is 0.791. The predicted octanol–water partition coefficient (Wildman–Crippen LogP) is 13.5. The Balaban J connectivity index is 1.07. The third kappa shape index (κ3) is 4.90. The molecule has 7 nitrogen and oxygen atoms in total. The second-order valence-corrected chi connectivity index (χ2v) is 16.5. The van der Waals surface area contributed by atoms with Gasteiger partial charge in [0.05, 0.1) is 49.8 Å². The van der Waals surface area contributed by atoms with Crippen molar-refractivity contribution in [3.8, 4) is 28.5 Å². The Morgan fingerprint density at radius 1 is 0.397 bits per heavy atom. The molecule has 1 aliphatic rings. The minimum Gasteiger partial charge on any atom is -0.310 e. The number of aromatic nitrogens is 7. The fourth-order valence-corrected chi connectivity index (χ4v) is 10.5. The molecule has 0 saturated heterocycles. The largest absolute Gasteiger partial charge is 0.310 e. The van der Waals surface area contributed by atoms with Crippen molar-refractivity contribution in [1.82, 2.24) is 33.6 Å². The molecular formula is C56H35N7. The van der Waals surface area contributed by atoms with Crippen molar-refractivity contribution >= 4 is 93.4 Å². The van der Waals surface area contributed by atoms with E-state index in [0.29, 0.717) is 0 Å². The summed E-state index contributed by atoms with van der Waals surface area (Å²) in [4.78, 5) is 20.5. The summed E-state index contributed by atoms with van der Waals surface area (Å²) in [6.45, 7) is 0. The molecule has 63 heavy (non-hydrogen) atoms. The van der Waals surface area contributed by atoms with Crippen LogP contribution in [-0.4, -0.2) is 33.6 Å². The Kier molecular flexibility index (Phi) is 7.10. The van der Waals surface area contributed by atoms with Crippen molar-refractivity contribution in [2.75, 3.05) is 0 Å². The van der Waals surface area contributed by atoms with Crippen LogP contribution in [0.25, 0.3) is 122 Å². The molecule has 13 aromatic rings. The van der Waals surface area contributed by atoms with E-state index in [1.165, 1.54) is 44.0 Å². The monoisotopic (exact) mass is 805 g/mol. The minimum atomic E-state index is 0.791. The van der Waals surface area contributed by atoms with Gasteiger partial charge < -0.3 is 9.13 Å². The number of benzene rings is 7. The van der Waals surface area contributed by atoms with Crippen LogP contribution in [0.5, 0.6) is 0 Å². The van der Waals surface area contributed by atoms with E-state index in [2.05, 4.69) is 171 Å². The Morgan fingerprint density at radius 2 is 0.952 bits per heavy atom. The lowest BCUT2D eigenvalue weighted by Gasteiger charge is -2.13. The summed E-state index contributed by atoms with van der Waals surface area (Å²) in [5.41, 5.74) is 15.8. The van der Waals surface area contributed by atoms with E-state index in [1.807, 2.05) is 18.2 Å². The first kappa shape index (κ1) is 34.3. The summed E-state index contributed by atoms with van der Waals surface area (Å²) >= 11 is 0. The van der Waals surface area contributed by atoms with Gasteiger partial charge in [-0.25, -0.2) is 9.97 Å². The number of aryl methyl sites for hydroxylation is 1. The van der Waals surface area contributed by atoms with Gasteiger partial charge in [-0.2, -0.15) is 0 Å². The molecule has 6 aromatic heterocycles. The number of pyridine rings is 2. The van der Waals surface area contributed by atoms with Crippen molar-refractivity contribution in [3.05, 3.63) is 194 Å². The van der Waals surface area contributed by atoms with Crippen LogP contribution in [0.4, 0.5) is 0 Å². The molecule has 7 heteroatoms. The van der Waals surface area contributed by atoms with Crippen LogP contribution < -0.4 is 0 Å². The molecule has 1 aliphatic carbocycles. The van der Waals surface area contributed by atoms with Gasteiger partial charge in [-0.05, 0) is 103 Å². The Hall–Kier alpha value is -8.42. The van der Waals surface area contributed by atoms with Crippen molar-refractivity contribution in [3.63, 3.8) is 0 Å². The highest BCUT2D eigenvalue weighted by Gasteiger charge is 2.22. The van der Waals surface area contributed by atoms with Crippen LogP contribution in [0.3, 0.4) is 0 Å². The number of allylic oxidation sites excluding steroid dienone is 1. The molecule has 7 aromatic carbocycles. The molecule has 0 unspecified atom stereocenters. The van der Waals surface area contributed by atoms with Crippen molar-refractivity contribution in [2.45, 2.75) is 12.8 Å². The molecule has 0 atom stereocenters. The number of para-hydroxylation sites is 3. The number of hydrogen-bond acceptors (Lipinski definition) is 4. The van der Waals surface area contributed by atoms with Gasteiger partial charge in [0.2, 0.25) is 0 Å². The van der Waals surface area contributed by atoms with E-state index < -0.39 is 0 Å². The lowest BCUT2D eigenvalue weighted by atomic mass is 10.0. The zero-order chi connectivity index (χ0) is 41.2. The average molecular weight is 806 g/mol. The van der Waals surface area contributed by atoms with E-state index in [9.17, 15) is 0 Å². The number of fused-ring (bicyclic) bond motifs is 15. The maximum absolute atomic E-state index is 5.57. The predicted molar refractivity (Wildman–Crippen MR) is 258 cm³/mol. The lowest BCUT2D eigenvalue weighted by Crippen LogP contribution is -2.01. The first-order valence-electron chi connectivity index (χ1n) is 21.5. The molecule has 0 fully saturated rings. The maximum Gasteiger partial charge on any atom is 0.138 e. The Labute approximate surface area is 360 Å². The highest BCUT2D eigenvalue weighted by molar-refractivity contribution is 6.21. The van der Waals surface area contributed by atoms with Gasteiger partial charge in [-0.15, -0.1) is 0 Å². The smallest absolute Gasteiger partial charge is 0.138 e. The number of rotatable bonds is 4. The van der Waals surface area contributed by atoms with E-state index in [4.69, 9.17) is 19.9 Å². The summed E-state index contributed by atoms with van der Waals surface area (Å²) in [5.74, 6) is 0.808. The van der Waals surface area contributed by atoms with Crippen LogP contribution in [0.2, 0.25) is 0 Å². The van der Waals surface area contributed by atoms with Crippen molar-refractivity contribution in [1.29, 1.82) is 0 Å². The SMILES string of the molecule is C1=Cc2c(c3ccccc3n2-c2ccc3c(c2)c2cc(-n4c5ccccc5c5ccccc54)ccc2n3-c2ccc3c4nccnc4c4ccc(-c5ccccc5)nc4c3n2)CC1. The second kappa shape index (κ2) is 13.0. The molecule has 0 radical (unpaired) electrons. The standard InChI is InChI=1S/C56H35N7/c1-2-12-34(13-3-1)45-26-24-41-53-54(58-31-30-57-53)42-25-29-52(60-56(42)55(41)59-45)63-50-27-22-35(61-46-18-8-4-14-37(46)38-15-5-9-19-47(38)61)32-43(50)44-33-36(23-28-51(44)63)62-48-20-10-6-16-39(48)40-17-7-11-21-49(40)62/h1-6,8-16,18-33H,7,17H2. The zero-order valence-electron chi connectivity index (χ0n) is 33.9. The number of nitrogens with zero attached hydrogens (tertiary/aromatic N) is 7. The van der Waals surface area contributed by atoms with Gasteiger partial charge in [0.1, 0.15) is 11.3 Å². The van der Waals surface area contributed by atoms with Crippen LogP contribution in [0.1, 0.15) is 17.7 Å². The normalized spacial score (nSPS) is 12.9. The van der Waals surface area contributed by atoms with E-state index >= 15 is 0 Å². The highest BCUT2D eigenvalue weighted by Crippen LogP contribution is 2.41. The van der Waals surface area contributed by atoms with Gasteiger partial charge in [0, 0.05) is 72.7 Å². The summed E-state index contributed by atoms with van der Waals surface area (Å²) in [6.07, 6.45) is 10.2. The second-order valence-electron chi connectivity index (χ2n) is 16.5. The molecule has 0 bridgehead atoms. The van der Waals surface area contributed by atoms with Crippen LogP contribution in [0.15, 0.2) is 182 Å². The lowest BCUT2D eigenvalue weighted by molar-refractivity contribution is 0.968. The summed E-state index contributed by atoms with van der Waals surface area (Å²) in [5, 5.41) is 7.94. The number of hydrogen-bond donors (Lipinski definition) is 0. The summed E-state index contributed by atoms with van der Waals surface area (Å²) in [6, 6.07) is 58.9. The topological polar surface area (TPSA) is 66.3 Å². The molecule has 0 N–H and O–H groups in total. The van der Waals surface area contributed by atoms with E-state index in [-0.39, 0.29) is 0 Å². The molecule has 6 heterocycles. The van der Waals surface area contributed by atoms with Crippen molar-refractivity contribution in [2.24, 2.45) is 0 Å². The molecular weight excluding hydrogens is 771 g/mol. The third-order valence-electron chi connectivity index (χ3n) is 13.2. The first-order chi connectivity index (χ1) is 31.3. The van der Waals surface area contributed by atoms with E-state index in [0.717, 1.165) is 95.9 Å². The molecule has 0 amide bonds. The summed E-state index contributed by atoms with van der Waals surface area (Å²) < 4.78 is 7.17. The molecule has 0 spiro atoms. The van der Waals surface area contributed by atoms with Gasteiger partial charge in [-0.1, -0.05) is 91.0 Å². The van der Waals surface area contributed by atoms with Crippen LogP contribution in [0, 0.1) is 0 Å². The van der Waals surface area contributed by atoms with Gasteiger partial charge in [0.15, 0.2) is 0 Å². The quantitative estimate of drug-likeness (QED) is 0.166. The van der Waals surface area contributed by atoms with Crippen molar-refractivity contribution < 1.29 is 0 Å². The molecule has 0 aliphatic heterocycles. The zero-order valence-corrected chi connectivity index (χ0v) is 33.9. The highest BCUT2D eigenvalue weighted by atomic mass is 15.1. The first-order valence-corrected chi connectivity index (χ1v) is 21.5. The van der Waals surface area contributed by atoms with Gasteiger partial charge in [0.25, 0.3) is 0 Å². The Morgan fingerprint density at radius 3 is 1.63 bits per heavy atom. The van der Waals surface area contributed by atoms with Crippen LogP contribution >= 0.6 is 0 Å². The molecule has 14 rings (SSSR count). The third-order valence-corrected chi connectivity index (χ3v) is 13.2. The molecule has 294 valence electrons. The Bertz CT molecular complexity index is 4040. The fraction of sp³-hybridized carbons (Fsp3) is 0.0357. The molecule has 0 saturated carbocycles. The summed E-state index contributed by atoms with van der Waals surface area (Å²) in [7, 11) is 0. The maximum atomic E-state index is 5.57. The van der Waals surface area contributed by atoms with Crippen LogP contribution in [-0.2, 0) is 6.42 Å². The average Bonchev–Trinajstić information content (AvgIpc) is 3.99.